The molecule has 0 aliphatic carbocycles. The van der Waals surface area contributed by atoms with E-state index >= 15 is 0 Å². The Morgan fingerprint density at radius 2 is 1.89 bits per heavy atom. The van der Waals surface area contributed by atoms with Gasteiger partial charge in [-0.3, -0.25) is 4.98 Å². The second-order valence-electron chi connectivity index (χ2n) is 4.31. The zero-order chi connectivity index (χ0) is 13.7. The summed E-state index contributed by atoms with van der Waals surface area (Å²) < 4.78 is 0. The van der Waals surface area contributed by atoms with E-state index in [-0.39, 0.29) is 11.3 Å². The van der Waals surface area contributed by atoms with E-state index in [4.69, 9.17) is 17.3 Å². The van der Waals surface area contributed by atoms with E-state index in [1.54, 1.807) is 24.2 Å². The molecule has 1 aromatic heterocycles. The van der Waals surface area contributed by atoms with E-state index in [2.05, 4.69) is 18.0 Å². The third kappa shape index (κ3) is 3.72. The van der Waals surface area contributed by atoms with E-state index in [1.807, 2.05) is 30.3 Å². The van der Waals surface area contributed by atoms with Crippen molar-refractivity contribution in [3.8, 4) is 0 Å². The normalized spacial score (nSPS) is 14.1. The van der Waals surface area contributed by atoms with Crippen LogP contribution in [0.15, 0.2) is 53.7 Å². The summed E-state index contributed by atoms with van der Waals surface area (Å²) in [4.78, 5) is 5.19. The highest BCUT2D eigenvalue weighted by atomic mass is 35.5. The standard InChI is InChI=1S/C15H17ClN2S/c1-2-14(17)15(12-5-3-4-6-13(12)16)19-11-7-9-18-10-8-11/h3-10,14-15H,2,17H2,1H3. The van der Waals surface area contributed by atoms with Crippen LogP contribution >= 0.6 is 23.4 Å². The number of halogens is 1. The van der Waals surface area contributed by atoms with Crippen LogP contribution in [0.3, 0.4) is 0 Å². The molecule has 2 rings (SSSR count). The highest BCUT2D eigenvalue weighted by molar-refractivity contribution is 7.99. The van der Waals surface area contributed by atoms with Gasteiger partial charge in [0, 0.05) is 28.4 Å². The molecule has 19 heavy (non-hydrogen) atoms. The van der Waals surface area contributed by atoms with Crippen LogP contribution in [0.4, 0.5) is 0 Å². The monoisotopic (exact) mass is 292 g/mol. The van der Waals surface area contributed by atoms with Crippen LogP contribution in [-0.2, 0) is 0 Å². The summed E-state index contributed by atoms with van der Waals surface area (Å²) in [5.41, 5.74) is 7.37. The Morgan fingerprint density at radius 1 is 1.21 bits per heavy atom. The lowest BCUT2D eigenvalue weighted by atomic mass is 10.0. The van der Waals surface area contributed by atoms with E-state index in [9.17, 15) is 0 Å². The third-order valence-corrected chi connectivity index (χ3v) is 4.73. The highest BCUT2D eigenvalue weighted by Gasteiger charge is 2.21. The minimum atomic E-state index is 0.0677. The van der Waals surface area contributed by atoms with Crippen molar-refractivity contribution in [1.82, 2.24) is 4.98 Å². The average Bonchev–Trinajstić information content (AvgIpc) is 2.46. The maximum Gasteiger partial charge on any atom is 0.0510 e. The van der Waals surface area contributed by atoms with Gasteiger partial charge < -0.3 is 5.73 Å². The van der Waals surface area contributed by atoms with E-state index in [0.717, 1.165) is 21.9 Å². The number of hydrogen-bond acceptors (Lipinski definition) is 3. The van der Waals surface area contributed by atoms with Crippen LogP contribution in [0.2, 0.25) is 5.02 Å². The molecule has 1 heterocycles. The number of aromatic nitrogens is 1. The molecule has 2 N–H and O–H groups in total. The van der Waals surface area contributed by atoms with Gasteiger partial charge in [-0.25, -0.2) is 0 Å². The van der Waals surface area contributed by atoms with Crippen LogP contribution in [0.25, 0.3) is 0 Å². The van der Waals surface area contributed by atoms with Gasteiger partial charge in [0.15, 0.2) is 0 Å². The van der Waals surface area contributed by atoms with Crippen LogP contribution in [0.5, 0.6) is 0 Å². The molecular weight excluding hydrogens is 276 g/mol. The van der Waals surface area contributed by atoms with E-state index < -0.39 is 0 Å². The van der Waals surface area contributed by atoms with Gasteiger partial charge >= 0.3 is 0 Å². The van der Waals surface area contributed by atoms with Gasteiger partial charge in [-0.05, 0) is 30.2 Å². The number of hydrogen-bond donors (Lipinski definition) is 1. The molecule has 4 heteroatoms. The molecule has 0 aliphatic heterocycles. The maximum atomic E-state index is 6.31. The fraction of sp³-hybridized carbons (Fsp3) is 0.267. The van der Waals surface area contributed by atoms with Gasteiger partial charge in [-0.1, -0.05) is 36.7 Å². The van der Waals surface area contributed by atoms with Crippen molar-refractivity contribution in [3.63, 3.8) is 0 Å². The first-order valence-corrected chi connectivity index (χ1v) is 7.54. The second-order valence-corrected chi connectivity index (χ2v) is 5.94. The fourth-order valence-electron chi connectivity index (χ4n) is 1.86. The molecule has 0 radical (unpaired) electrons. The molecule has 1 aromatic carbocycles. The maximum absolute atomic E-state index is 6.31. The molecule has 0 aliphatic rings. The summed E-state index contributed by atoms with van der Waals surface area (Å²) in [5.74, 6) is 0. The molecule has 0 bridgehead atoms. The molecule has 100 valence electrons. The summed E-state index contributed by atoms with van der Waals surface area (Å²) in [6.45, 7) is 2.10. The highest BCUT2D eigenvalue weighted by Crippen LogP contribution is 2.40. The number of nitrogens with two attached hydrogens (primary N) is 1. The largest absolute Gasteiger partial charge is 0.326 e. The summed E-state index contributed by atoms with van der Waals surface area (Å²) >= 11 is 8.04. The number of nitrogens with zero attached hydrogens (tertiary/aromatic N) is 1. The van der Waals surface area contributed by atoms with Gasteiger partial charge in [0.05, 0.1) is 5.25 Å². The van der Waals surface area contributed by atoms with Crippen molar-refractivity contribution in [2.45, 2.75) is 29.5 Å². The quantitative estimate of drug-likeness (QED) is 0.835. The predicted octanol–water partition coefficient (Wildman–Crippen LogP) is 4.31. The van der Waals surface area contributed by atoms with Gasteiger partial charge in [0.1, 0.15) is 0 Å². The number of benzene rings is 1. The molecule has 2 aromatic rings. The van der Waals surface area contributed by atoms with Crippen molar-refractivity contribution in [1.29, 1.82) is 0 Å². The van der Waals surface area contributed by atoms with Crippen LogP contribution in [-0.4, -0.2) is 11.0 Å². The zero-order valence-corrected chi connectivity index (χ0v) is 12.4. The topological polar surface area (TPSA) is 38.9 Å². The van der Waals surface area contributed by atoms with Crippen LogP contribution in [0.1, 0.15) is 24.2 Å². The Bertz CT molecular complexity index is 519. The molecule has 0 saturated carbocycles. The summed E-state index contributed by atoms with van der Waals surface area (Å²) in [7, 11) is 0. The Kier molecular flexibility index (Phi) is 5.25. The number of rotatable bonds is 5. The van der Waals surface area contributed by atoms with Gasteiger partial charge in [0.2, 0.25) is 0 Å². The first-order valence-electron chi connectivity index (χ1n) is 6.29. The van der Waals surface area contributed by atoms with Crippen molar-refractivity contribution in [2.75, 3.05) is 0 Å². The van der Waals surface area contributed by atoms with Crippen LogP contribution in [0, 0.1) is 0 Å². The number of pyridine rings is 1. The van der Waals surface area contributed by atoms with Gasteiger partial charge in [-0.2, -0.15) is 0 Å². The molecule has 2 atom stereocenters. The Balaban J connectivity index is 2.29. The average molecular weight is 293 g/mol. The summed E-state index contributed by atoms with van der Waals surface area (Å²) in [5, 5.41) is 0.930. The van der Waals surface area contributed by atoms with Gasteiger partial charge in [0.25, 0.3) is 0 Å². The molecule has 0 spiro atoms. The number of thioether (sulfide) groups is 1. The lowest BCUT2D eigenvalue weighted by Gasteiger charge is -2.23. The third-order valence-electron chi connectivity index (χ3n) is 2.98. The van der Waals surface area contributed by atoms with E-state index in [1.165, 1.54) is 0 Å². The fourth-order valence-corrected chi connectivity index (χ4v) is 3.45. The molecule has 0 saturated heterocycles. The molecule has 0 fully saturated rings. The van der Waals surface area contributed by atoms with Crippen molar-refractivity contribution >= 4 is 23.4 Å². The van der Waals surface area contributed by atoms with E-state index in [0.29, 0.717) is 0 Å². The summed E-state index contributed by atoms with van der Waals surface area (Å²) in [6.07, 6.45) is 4.50. The molecule has 2 nitrogen and oxygen atoms in total. The minimum Gasteiger partial charge on any atom is -0.326 e. The molecule has 2 unspecified atom stereocenters. The second kappa shape index (κ2) is 6.94. The Hall–Kier alpha value is -1.03. The smallest absolute Gasteiger partial charge is 0.0510 e. The first kappa shape index (κ1) is 14.4. The Labute approximate surface area is 123 Å². The lowest BCUT2D eigenvalue weighted by molar-refractivity contribution is 0.634. The predicted molar refractivity (Wildman–Crippen MR) is 82.6 cm³/mol. The summed E-state index contributed by atoms with van der Waals surface area (Å²) in [6, 6.07) is 12.0. The van der Waals surface area contributed by atoms with Gasteiger partial charge in [-0.15, -0.1) is 11.8 Å². The van der Waals surface area contributed by atoms with Crippen molar-refractivity contribution < 1.29 is 0 Å². The lowest BCUT2D eigenvalue weighted by Crippen LogP contribution is -2.25. The van der Waals surface area contributed by atoms with Crippen LogP contribution < -0.4 is 5.73 Å². The van der Waals surface area contributed by atoms with Crippen molar-refractivity contribution in [2.24, 2.45) is 5.73 Å². The minimum absolute atomic E-state index is 0.0677. The SMILES string of the molecule is CCC(N)C(Sc1ccncc1)c1ccccc1Cl. The zero-order valence-electron chi connectivity index (χ0n) is 10.8. The van der Waals surface area contributed by atoms with Crippen molar-refractivity contribution in [3.05, 3.63) is 59.4 Å². The first-order chi connectivity index (χ1) is 9.22. The molecular formula is C15H17ClN2S. The Morgan fingerprint density at radius 3 is 2.53 bits per heavy atom. The molecule has 0 amide bonds.